The molecule has 0 radical (unpaired) electrons. The minimum Gasteiger partial charge on any atom is -0.493 e. The van der Waals surface area contributed by atoms with Crippen LogP contribution in [0.3, 0.4) is 0 Å². The summed E-state index contributed by atoms with van der Waals surface area (Å²) in [4.78, 5) is 18.1. The van der Waals surface area contributed by atoms with Crippen LogP contribution < -0.4 is 9.47 Å². The first-order chi connectivity index (χ1) is 13.5. The van der Waals surface area contributed by atoms with Crippen molar-refractivity contribution in [1.29, 1.82) is 5.26 Å². The Labute approximate surface area is 161 Å². The molecular weight excluding hydrogens is 368 g/mol. The number of carbonyl (C=O) groups excluding carboxylic acids is 1. The maximum Gasteiger partial charge on any atom is 0.387 e. The Morgan fingerprint density at radius 1 is 1.36 bits per heavy atom. The van der Waals surface area contributed by atoms with Crippen LogP contribution in [0.5, 0.6) is 11.5 Å². The molecule has 1 aromatic heterocycles. The molecule has 0 aliphatic carbocycles. The molecule has 0 N–H and O–H groups in total. The molecule has 1 aromatic carbocycles. The molecule has 0 saturated carbocycles. The van der Waals surface area contributed by atoms with E-state index in [0.717, 1.165) is 5.56 Å². The van der Waals surface area contributed by atoms with Crippen molar-refractivity contribution in [1.82, 2.24) is 9.88 Å². The van der Waals surface area contributed by atoms with Crippen LogP contribution in [0.25, 0.3) is 6.08 Å². The van der Waals surface area contributed by atoms with Crippen molar-refractivity contribution in [2.75, 3.05) is 13.7 Å². The first-order valence-corrected chi connectivity index (χ1v) is 8.39. The fourth-order valence-corrected chi connectivity index (χ4v) is 2.42. The van der Waals surface area contributed by atoms with Crippen molar-refractivity contribution in [2.45, 2.75) is 19.6 Å². The van der Waals surface area contributed by atoms with E-state index in [1.807, 2.05) is 12.1 Å². The largest absolute Gasteiger partial charge is 0.493 e. The zero-order chi connectivity index (χ0) is 20.4. The van der Waals surface area contributed by atoms with Crippen molar-refractivity contribution in [3.05, 3.63) is 59.9 Å². The minimum atomic E-state index is -2.96. The molecule has 0 atom stereocenters. The minimum absolute atomic E-state index is 0.0896. The number of nitriles is 1. The number of pyridine rings is 1. The molecule has 0 unspecified atom stereocenters. The predicted octanol–water partition coefficient (Wildman–Crippen LogP) is 3.65. The molecule has 0 spiro atoms. The monoisotopic (exact) mass is 387 g/mol. The quantitative estimate of drug-likeness (QED) is 0.614. The van der Waals surface area contributed by atoms with Gasteiger partial charge in [-0.15, -0.1) is 0 Å². The van der Waals surface area contributed by atoms with E-state index < -0.39 is 6.61 Å². The number of carbonyl (C=O) groups is 1. The topological polar surface area (TPSA) is 75.5 Å². The maximum atomic E-state index is 12.5. The number of nitrogens with zero attached hydrogens (tertiary/aromatic N) is 3. The van der Waals surface area contributed by atoms with Crippen LogP contribution in [0.4, 0.5) is 8.78 Å². The molecule has 0 saturated heterocycles. The van der Waals surface area contributed by atoms with Crippen LogP contribution in [0.2, 0.25) is 0 Å². The molecule has 1 heterocycles. The van der Waals surface area contributed by atoms with Crippen LogP contribution >= 0.6 is 0 Å². The van der Waals surface area contributed by atoms with Gasteiger partial charge in [0, 0.05) is 31.6 Å². The number of alkyl halides is 2. The second kappa shape index (κ2) is 10.6. The van der Waals surface area contributed by atoms with E-state index in [1.54, 1.807) is 24.5 Å². The molecule has 0 aliphatic rings. The lowest BCUT2D eigenvalue weighted by Crippen LogP contribution is -2.29. The van der Waals surface area contributed by atoms with Gasteiger partial charge < -0.3 is 14.4 Å². The number of aromatic nitrogens is 1. The van der Waals surface area contributed by atoms with Crippen LogP contribution in [-0.4, -0.2) is 36.1 Å². The predicted molar refractivity (Wildman–Crippen MR) is 98.5 cm³/mol. The Balaban J connectivity index is 2.13. The van der Waals surface area contributed by atoms with E-state index in [1.165, 1.54) is 36.3 Å². The van der Waals surface area contributed by atoms with Gasteiger partial charge >= 0.3 is 6.61 Å². The van der Waals surface area contributed by atoms with Crippen LogP contribution in [0, 0.1) is 11.3 Å². The Morgan fingerprint density at radius 3 is 2.82 bits per heavy atom. The zero-order valence-corrected chi connectivity index (χ0v) is 15.2. The highest BCUT2D eigenvalue weighted by Crippen LogP contribution is 2.29. The molecule has 0 fully saturated rings. The van der Waals surface area contributed by atoms with Gasteiger partial charge in [0.05, 0.1) is 19.6 Å². The van der Waals surface area contributed by atoms with E-state index in [2.05, 4.69) is 9.72 Å². The number of amides is 1. The molecule has 0 aliphatic heterocycles. The average Bonchev–Trinajstić information content (AvgIpc) is 2.70. The summed E-state index contributed by atoms with van der Waals surface area (Å²) in [5.74, 6) is -0.245. The van der Waals surface area contributed by atoms with E-state index in [0.29, 0.717) is 12.1 Å². The van der Waals surface area contributed by atoms with Crippen molar-refractivity contribution in [2.24, 2.45) is 0 Å². The summed E-state index contributed by atoms with van der Waals surface area (Å²) in [6.45, 7) is -2.36. The first kappa shape index (κ1) is 20.8. The molecule has 2 rings (SSSR count). The van der Waals surface area contributed by atoms with E-state index in [-0.39, 0.29) is 30.4 Å². The molecule has 0 bridgehead atoms. The number of benzene rings is 1. The molecular formula is C20H19F2N3O3. The lowest BCUT2D eigenvalue weighted by molar-refractivity contribution is -0.126. The highest BCUT2D eigenvalue weighted by Gasteiger charge is 2.13. The standard InChI is InChI=1S/C20H19F2N3O3/c1-27-18-12-15(5-7-17(18)28-20(21)22)6-8-19(26)25(11-3-9-23)14-16-4-2-10-24-13-16/h2,4-8,10,12-13,20H,3,11,14H2,1H3. The number of hydrogen-bond donors (Lipinski definition) is 0. The highest BCUT2D eigenvalue weighted by atomic mass is 19.3. The van der Waals surface area contributed by atoms with Gasteiger partial charge in [0.15, 0.2) is 11.5 Å². The number of methoxy groups -OCH3 is 1. The fraction of sp³-hybridized carbons (Fsp3) is 0.250. The van der Waals surface area contributed by atoms with Gasteiger partial charge in [-0.05, 0) is 35.4 Å². The lowest BCUT2D eigenvalue weighted by atomic mass is 10.1. The normalized spacial score (nSPS) is 10.7. The summed E-state index contributed by atoms with van der Waals surface area (Å²) in [6, 6.07) is 10.0. The third kappa shape index (κ3) is 6.36. The molecule has 2 aromatic rings. The van der Waals surface area contributed by atoms with Crippen molar-refractivity contribution >= 4 is 12.0 Å². The Hall–Kier alpha value is -3.47. The van der Waals surface area contributed by atoms with Crippen molar-refractivity contribution < 1.29 is 23.0 Å². The molecule has 1 amide bonds. The molecule has 6 nitrogen and oxygen atoms in total. The van der Waals surface area contributed by atoms with Crippen LogP contribution in [-0.2, 0) is 11.3 Å². The van der Waals surface area contributed by atoms with Gasteiger partial charge in [-0.3, -0.25) is 9.78 Å². The Morgan fingerprint density at radius 2 is 2.18 bits per heavy atom. The second-order valence-electron chi connectivity index (χ2n) is 5.65. The summed E-state index contributed by atoms with van der Waals surface area (Å²) < 4.78 is 34.2. The molecule has 146 valence electrons. The van der Waals surface area contributed by atoms with Crippen LogP contribution in [0.1, 0.15) is 17.5 Å². The number of hydrogen-bond acceptors (Lipinski definition) is 5. The smallest absolute Gasteiger partial charge is 0.387 e. The third-order valence-electron chi connectivity index (χ3n) is 3.72. The fourth-order valence-electron chi connectivity index (χ4n) is 2.42. The molecule has 8 heteroatoms. The number of ether oxygens (including phenoxy) is 2. The van der Waals surface area contributed by atoms with Gasteiger partial charge in [-0.1, -0.05) is 12.1 Å². The highest BCUT2D eigenvalue weighted by molar-refractivity contribution is 5.91. The number of halogens is 2. The summed E-state index contributed by atoms with van der Waals surface area (Å²) in [6.07, 6.45) is 6.39. The van der Waals surface area contributed by atoms with Gasteiger partial charge in [0.25, 0.3) is 0 Å². The third-order valence-corrected chi connectivity index (χ3v) is 3.72. The first-order valence-electron chi connectivity index (χ1n) is 8.39. The Bertz CT molecular complexity index is 852. The maximum absolute atomic E-state index is 12.5. The second-order valence-corrected chi connectivity index (χ2v) is 5.65. The SMILES string of the molecule is COc1cc(C=CC(=O)N(CCC#N)Cc2cccnc2)ccc1OC(F)F. The van der Waals surface area contributed by atoms with Gasteiger partial charge in [-0.2, -0.15) is 14.0 Å². The Kier molecular flexibility index (Phi) is 7.91. The van der Waals surface area contributed by atoms with Crippen LogP contribution in [0.15, 0.2) is 48.8 Å². The van der Waals surface area contributed by atoms with Gasteiger partial charge in [0.1, 0.15) is 0 Å². The summed E-state index contributed by atoms with van der Waals surface area (Å²) in [5.41, 5.74) is 1.42. The summed E-state index contributed by atoms with van der Waals surface area (Å²) in [5, 5.41) is 8.82. The average molecular weight is 387 g/mol. The lowest BCUT2D eigenvalue weighted by Gasteiger charge is -2.20. The molecule has 28 heavy (non-hydrogen) atoms. The van der Waals surface area contributed by atoms with E-state index >= 15 is 0 Å². The van der Waals surface area contributed by atoms with Gasteiger partial charge in [0.2, 0.25) is 5.91 Å². The van der Waals surface area contributed by atoms with Crippen molar-refractivity contribution in [3.8, 4) is 17.6 Å². The zero-order valence-electron chi connectivity index (χ0n) is 15.2. The number of rotatable bonds is 9. The van der Waals surface area contributed by atoms with E-state index in [4.69, 9.17) is 10.00 Å². The summed E-state index contributed by atoms with van der Waals surface area (Å²) >= 11 is 0. The van der Waals surface area contributed by atoms with E-state index in [9.17, 15) is 13.6 Å². The summed E-state index contributed by atoms with van der Waals surface area (Å²) in [7, 11) is 1.34. The van der Waals surface area contributed by atoms with Crippen molar-refractivity contribution in [3.63, 3.8) is 0 Å². The van der Waals surface area contributed by atoms with Gasteiger partial charge in [-0.25, -0.2) is 0 Å².